The van der Waals surface area contributed by atoms with Crippen molar-refractivity contribution in [2.45, 2.75) is 0 Å². The van der Waals surface area contributed by atoms with Crippen molar-refractivity contribution >= 4 is 225 Å². The van der Waals surface area contributed by atoms with E-state index in [0.29, 0.717) is 40.8 Å². The second-order valence-electron chi connectivity index (χ2n) is 38.2. The van der Waals surface area contributed by atoms with Gasteiger partial charge in [0.05, 0.1) is 55.7 Å². The van der Waals surface area contributed by atoms with Gasteiger partial charge in [0.1, 0.15) is 0 Å². The van der Waals surface area contributed by atoms with Crippen molar-refractivity contribution in [3.63, 3.8) is 0 Å². The van der Waals surface area contributed by atoms with Crippen molar-refractivity contribution < 1.29 is 0 Å². The molecule has 32 aromatic rings. The Morgan fingerprint density at radius 3 is 1.00 bits per heavy atom. The van der Waals surface area contributed by atoms with Gasteiger partial charge in [-0.3, -0.25) is 0 Å². The lowest BCUT2D eigenvalue weighted by Crippen LogP contribution is -2.04. The number of thiophene rings is 3. The molecule has 0 aliphatic rings. The zero-order valence-electron chi connectivity index (χ0n) is 80.4. The molecule has 11 nitrogen and oxygen atoms in total. The fourth-order valence-electron chi connectivity index (χ4n) is 22.9. The predicted octanol–water partition coefficient (Wildman–Crippen LogP) is 36.9. The Morgan fingerprint density at radius 1 is 0.160 bits per heavy atom. The average molecular weight is 1970 g/mol. The van der Waals surface area contributed by atoms with E-state index in [-0.39, 0.29) is 0 Å². The molecule has 0 spiro atoms. The lowest BCUT2D eigenvalue weighted by atomic mass is 9.98. The minimum absolute atomic E-state index is 0.632. The van der Waals surface area contributed by atoms with Crippen LogP contribution in [0.15, 0.2) is 491 Å². The monoisotopic (exact) mass is 1960 g/mol. The summed E-state index contributed by atoms with van der Waals surface area (Å²) in [5.74, 6) is 4.57. The molecule has 0 N–H and O–H groups in total. The lowest BCUT2D eigenvalue weighted by Gasteiger charge is -2.16. The van der Waals surface area contributed by atoms with Gasteiger partial charge in [-0.1, -0.05) is 394 Å². The first-order valence-corrected chi connectivity index (χ1v) is 52.9. The van der Waals surface area contributed by atoms with Crippen LogP contribution in [-0.2, 0) is 0 Å². The van der Waals surface area contributed by atoms with Crippen LogP contribution in [0.25, 0.3) is 299 Å². The van der Waals surface area contributed by atoms with Crippen LogP contribution in [0.2, 0.25) is 0 Å². The Kier molecular flexibility index (Phi) is 20.3. The maximum atomic E-state index is 5.26. The van der Waals surface area contributed by atoms with Gasteiger partial charge in [0.2, 0.25) is 0 Å². The highest BCUT2D eigenvalue weighted by Gasteiger charge is 2.29. The molecule has 23 aromatic carbocycles. The van der Waals surface area contributed by atoms with Gasteiger partial charge < -0.3 is 13.7 Å². The highest BCUT2D eigenvalue weighted by molar-refractivity contribution is 7.27. The number of para-hydroxylation sites is 4. The molecule has 0 saturated carbocycles. The summed E-state index contributed by atoms with van der Waals surface area (Å²) in [6.45, 7) is 0. The molecular formula is C136H81N11S3. The van der Waals surface area contributed by atoms with Gasteiger partial charge in [0, 0.05) is 165 Å². The minimum atomic E-state index is 0.632. The average Bonchev–Trinajstić information content (AvgIpc) is 1.56. The van der Waals surface area contributed by atoms with Gasteiger partial charge in [0.25, 0.3) is 0 Å². The van der Waals surface area contributed by atoms with Crippen LogP contribution in [0.4, 0.5) is 0 Å². The van der Waals surface area contributed by atoms with E-state index in [1.54, 1.807) is 0 Å². The number of hydrogen-bond donors (Lipinski definition) is 0. The quantitative estimate of drug-likeness (QED) is 0.126. The molecule has 0 aliphatic carbocycles. The normalized spacial score (nSPS) is 11.9. The van der Waals surface area contributed by atoms with E-state index in [2.05, 4.69) is 396 Å². The molecule has 0 bridgehead atoms. The Morgan fingerprint density at radius 2 is 0.500 bits per heavy atom. The fraction of sp³-hybridized carbons (Fsp3) is 0. The Bertz CT molecular complexity index is 11000. The first-order chi connectivity index (χ1) is 74.4. The summed E-state index contributed by atoms with van der Waals surface area (Å²) in [5.41, 5.74) is 19.7. The second-order valence-corrected chi connectivity index (χ2v) is 41.3. The fourth-order valence-corrected chi connectivity index (χ4v) is 26.7. The van der Waals surface area contributed by atoms with Crippen LogP contribution in [-0.4, -0.2) is 53.6 Å². The van der Waals surface area contributed by atoms with Gasteiger partial charge >= 0.3 is 0 Å². The predicted molar refractivity (Wildman–Crippen MR) is 632 cm³/mol. The summed E-state index contributed by atoms with van der Waals surface area (Å²) < 4.78 is 15.2. The van der Waals surface area contributed by atoms with E-state index in [1.165, 1.54) is 158 Å². The molecule has 14 heteroatoms. The molecule has 0 saturated heterocycles. The van der Waals surface area contributed by atoms with Crippen molar-refractivity contribution in [2.24, 2.45) is 0 Å². The van der Waals surface area contributed by atoms with E-state index >= 15 is 0 Å². The van der Waals surface area contributed by atoms with Crippen LogP contribution in [0.5, 0.6) is 0 Å². The molecule has 9 aromatic heterocycles. The Balaban J connectivity index is 0.000000104. The van der Waals surface area contributed by atoms with Gasteiger partial charge in [-0.05, 0) is 135 Å². The number of rotatable bonds is 11. The molecule has 32 rings (SSSR count). The van der Waals surface area contributed by atoms with Gasteiger partial charge in [-0.15, -0.1) is 34.0 Å². The SMILES string of the molecule is c1ccc(-c2nc(-c3ccccc3)nc(-c3cc4ccccc4cc3-n3c4ccccc4c4c5c(ccc6c7ccccc7sc65)ccc43)n2)cc1.c1ccc(-c2nc(-c3ccccc3)nc(-c3cccc(-n4c5ccc6ccccc6c5c5c6c(ccc7c8ccccc8sc76)ccc54)c3)n2)cc1.c1ccc(-c2nc(-c3ccccc3-n3c4ccccc4c4c5c(ccc6c7ccccc7sc65)ccc43)nc3ccccc23)cc1. The van der Waals surface area contributed by atoms with Crippen LogP contribution in [0.1, 0.15) is 0 Å². The maximum Gasteiger partial charge on any atom is 0.166 e. The molecule has 0 aliphatic heterocycles. The zero-order chi connectivity index (χ0) is 98.5. The molecule has 150 heavy (non-hydrogen) atoms. The summed E-state index contributed by atoms with van der Waals surface area (Å²) in [7, 11) is 0. The number of nitrogens with zero attached hydrogens (tertiary/aromatic N) is 11. The molecule has 0 amide bonds. The van der Waals surface area contributed by atoms with Gasteiger partial charge in [0.15, 0.2) is 40.8 Å². The topological polar surface area (TPSA) is 118 Å². The number of fused-ring (bicyclic) bond motifs is 31. The summed E-state index contributed by atoms with van der Waals surface area (Å²) in [6, 6.07) is 174. The standard InChI is InChI=1S/2C47H28N4S.C42H25N3S/c1-3-13-30(14-4-1)45-48-46(31-15-5-2-6-16-31)50-47(49-45)37-27-32-17-7-8-18-33(32)28-40(37)51-38-21-11-9-20-36(38)43-39(51)26-24-29-23-25-35-34-19-10-12-22-41(34)52-44(35)42(29)43;1-3-13-31(14-4-1)45-48-46(32-15-5-2-6-16-32)50-47(49-45)33-17-11-18-34(28-33)51-38-26-23-29-12-7-8-19-35(29)42(38)43-39(51)27-24-30-22-25-37-36-20-9-10-21-40(36)52-44(37)41(30)43;1-2-12-27(13-3-1)40-30-15-4-8-18-33(30)43-42(44-40)32-17-6-10-20-35(32)45-34-19-9-5-16-31(34)39-36(45)25-23-26-22-24-29-28-14-7-11-21-37(28)46-41(29)38(26)39/h2*1-28H;1-25H. The number of benzene rings is 23. The van der Waals surface area contributed by atoms with E-state index < -0.39 is 0 Å². The first kappa shape index (κ1) is 86.3. The van der Waals surface area contributed by atoms with Crippen LogP contribution < -0.4 is 0 Å². The van der Waals surface area contributed by atoms with Crippen molar-refractivity contribution in [1.29, 1.82) is 0 Å². The minimum Gasteiger partial charge on any atom is -0.309 e. The first-order valence-electron chi connectivity index (χ1n) is 50.4. The lowest BCUT2D eigenvalue weighted by molar-refractivity contribution is 1.07. The van der Waals surface area contributed by atoms with Crippen molar-refractivity contribution in [1.82, 2.24) is 53.6 Å². The molecule has 0 atom stereocenters. The smallest absolute Gasteiger partial charge is 0.166 e. The van der Waals surface area contributed by atoms with E-state index in [4.69, 9.17) is 39.9 Å². The summed E-state index contributed by atoms with van der Waals surface area (Å²) in [5, 5.41) is 28.9. The number of aromatic nitrogens is 11. The molecular weight excluding hydrogens is 1880 g/mol. The van der Waals surface area contributed by atoms with E-state index in [1.807, 2.05) is 143 Å². The van der Waals surface area contributed by atoms with Crippen molar-refractivity contribution in [3.05, 3.63) is 491 Å². The molecule has 0 fully saturated rings. The highest BCUT2D eigenvalue weighted by Crippen LogP contribution is 2.52. The number of hydrogen-bond acceptors (Lipinski definition) is 11. The third-order valence-electron chi connectivity index (χ3n) is 29.6. The van der Waals surface area contributed by atoms with E-state index in [9.17, 15) is 0 Å². The second kappa shape index (κ2) is 35.3. The third-order valence-corrected chi connectivity index (χ3v) is 33.2. The van der Waals surface area contributed by atoms with Crippen LogP contribution in [0.3, 0.4) is 0 Å². The Hall–Kier alpha value is -19.2. The van der Waals surface area contributed by atoms with Gasteiger partial charge in [-0.2, -0.15) is 0 Å². The highest BCUT2D eigenvalue weighted by atomic mass is 32.1. The maximum absolute atomic E-state index is 5.26. The zero-order valence-corrected chi connectivity index (χ0v) is 82.9. The van der Waals surface area contributed by atoms with Crippen molar-refractivity contribution in [2.75, 3.05) is 0 Å². The van der Waals surface area contributed by atoms with Crippen LogP contribution >= 0.6 is 34.0 Å². The van der Waals surface area contributed by atoms with Gasteiger partial charge in [-0.25, -0.2) is 39.9 Å². The third kappa shape index (κ3) is 14.2. The Labute approximate surface area is 870 Å². The molecule has 0 unspecified atom stereocenters. The molecule has 9 heterocycles. The summed E-state index contributed by atoms with van der Waals surface area (Å²) >= 11 is 5.67. The van der Waals surface area contributed by atoms with Crippen molar-refractivity contribution in [3.8, 4) is 108 Å². The van der Waals surface area contributed by atoms with Crippen LogP contribution in [0, 0.1) is 0 Å². The summed E-state index contributed by atoms with van der Waals surface area (Å²) in [4.78, 5) is 40.9. The molecule has 0 radical (unpaired) electrons. The molecule has 698 valence electrons. The summed E-state index contributed by atoms with van der Waals surface area (Å²) in [6.07, 6.45) is 0. The van der Waals surface area contributed by atoms with E-state index in [0.717, 1.165) is 100.0 Å². The largest absolute Gasteiger partial charge is 0.309 e.